The van der Waals surface area contributed by atoms with Crippen molar-refractivity contribution in [2.24, 2.45) is 23.7 Å². The van der Waals surface area contributed by atoms with Crippen LogP contribution in [0.5, 0.6) is 0 Å². The van der Waals surface area contributed by atoms with Gasteiger partial charge in [0.2, 0.25) is 0 Å². The number of nitrogens with zero attached hydrogens (tertiary/aromatic N) is 1. The molecule has 1 aromatic carbocycles. The summed E-state index contributed by atoms with van der Waals surface area (Å²) in [6, 6.07) is 11.4. The van der Waals surface area contributed by atoms with E-state index in [9.17, 15) is 0 Å². The molecule has 2 aromatic rings. The first kappa shape index (κ1) is 11.1. The van der Waals surface area contributed by atoms with Crippen LogP contribution >= 0.6 is 0 Å². The van der Waals surface area contributed by atoms with E-state index in [-0.39, 0.29) is 0 Å². The summed E-state index contributed by atoms with van der Waals surface area (Å²) in [5.74, 6) is 5.07. The van der Waals surface area contributed by atoms with Gasteiger partial charge in [0.15, 0.2) is 0 Å². The standard InChI is InChI=1S/C18H20N2/c1-10-8-11-4-2-3-5-14(11)19-18(10)20-17-15-12-6-7-13(9-12)16(15)17/h2-5,8,12-13,15-17H,6-7,9H2,1H3,(H,19,20). The third kappa shape index (κ3) is 1.42. The molecule has 20 heavy (non-hydrogen) atoms. The van der Waals surface area contributed by atoms with Crippen molar-refractivity contribution in [1.29, 1.82) is 0 Å². The van der Waals surface area contributed by atoms with Crippen molar-refractivity contribution in [3.8, 4) is 0 Å². The minimum Gasteiger partial charge on any atom is -0.366 e. The van der Waals surface area contributed by atoms with Crippen LogP contribution < -0.4 is 5.32 Å². The van der Waals surface area contributed by atoms with Gasteiger partial charge < -0.3 is 5.32 Å². The first-order valence-corrected chi connectivity index (χ1v) is 7.94. The van der Waals surface area contributed by atoms with Crippen molar-refractivity contribution >= 4 is 16.7 Å². The fourth-order valence-corrected chi connectivity index (χ4v) is 5.04. The number of anilines is 1. The summed E-state index contributed by atoms with van der Waals surface area (Å²) in [6.07, 6.45) is 4.47. The van der Waals surface area contributed by atoms with Crippen molar-refractivity contribution in [2.45, 2.75) is 32.2 Å². The maximum atomic E-state index is 4.84. The van der Waals surface area contributed by atoms with E-state index < -0.39 is 0 Å². The molecule has 0 aliphatic heterocycles. The molecule has 3 aliphatic rings. The number of hydrogen-bond donors (Lipinski definition) is 1. The quantitative estimate of drug-likeness (QED) is 0.886. The predicted octanol–water partition coefficient (Wildman–Crippen LogP) is 4.00. The van der Waals surface area contributed by atoms with Gasteiger partial charge in [0.25, 0.3) is 0 Å². The highest BCUT2D eigenvalue weighted by Crippen LogP contribution is 2.66. The first-order chi connectivity index (χ1) is 9.81. The number of para-hydroxylation sites is 1. The van der Waals surface area contributed by atoms with E-state index >= 15 is 0 Å². The van der Waals surface area contributed by atoms with Crippen LogP contribution in [0.2, 0.25) is 0 Å². The van der Waals surface area contributed by atoms with E-state index in [1.165, 1.54) is 30.2 Å². The summed E-state index contributed by atoms with van der Waals surface area (Å²) >= 11 is 0. The average molecular weight is 264 g/mol. The Hall–Kier alpha value is -1.57. The van der Waals surface area contributed by atoms with Crippen molar-refractivity contribution < 1.29 is 0 Å². The Bertz CT molecular complexity index is 677. The minimum absolute atomic E-state index is 0.716. The Morgan fingerprint density at radius 1 is 1.10 bits per heavy atom. The smallest absolute Gasteiger partial charge is 0.129 e. The van der Waals surface area contributed by atoms with E-state index in [0.29, 0.717) is 6.04 Å². The lowest BCUT2D eigenvalue weighted by atomic mass is 10.0. The highest BCUT2D eigenvalue weighted by Gasteiger charge is 2.65. The van der Waals surface area contributed by atoms with Crippen LogP contribution in [0.15, 0.2) is 30.3 Å². The number of benzene rings is 1. The van der Waals surface area contributed by atoms with Crippen molar-refractivity contribution in [3.05, 3.63) is 35.9 Å². The van der Waals surface area contributed by atoms with Gasteiger partial charge in [0.1, 0.15) is 5.82 Å². The number of fused-ring (bicyclic) bond motifs is 6. The second kappa shape index (κ2) is 3.75. The molecule has 4 unspecified atom stereocenters. The molecule has 0 spiro atoms. The van der Waals surface area contributed by atoms with Gasteiger partial charge in [0, 0.05) is 11.4 Å². The number of hydrogen-bond acceptors (Lipinski definition) is 2. The van der Waals surface area contributed by atoms with Gasteiger partial charge in [-0.05, 0) is 67.6 Å². The number of rotatable bonds is 2. The van der Waals surface area contributed by atoms with Gasteiger partial charge in [-0.25, -0.2) is 4.98 Å². The Labute approximate surface area is 119 Å². The van der Waals surface area contributed by atoms with Gasteiger partial charge >= 0.3 is 0 Å². The SMILES string of the molecule is Cc1cc2ccccc2nc1NC1C2C3CCC(C3)C12. The zero-order chi connectivity index (χ0) is 13.3. The zero-order valence-electron chi connectivity index (χ0n) is 11.8. The summed E-state index contributed by atoms with van der Waals surface area (Å²) in [5.41, 5.74) is 2.38. The molecule has 4 atom stereocenters. The maximum Gasteiger partial charge on any atom is 0.129 e. The minimum atomic E-state index is 0.716. The molecule has 1 N–H and O–H groups in total. The van der Waals surface area contributed by atoms with E-state index in [1.54, 1.807) is 0 Å². The van der Waals surface area contributed by atoms with Crippen LogP contribution in [-0.2, 0) is 0 Å². The average Bonchev–Trinajstić information content (AvgIpc) is 2.84. The Morgan fingerprint density at radius 3 is 2.65 bits per heavy atom. The molecule has 2 heteroatoms. The fourth-order valence-electron chi connectivity index (χ4n) is 5.04. The van der Waals surface area contributed by atoms with Gasteiger partial charge in [0.05, 0.1) is 5.52 Å². The largest absolute Gasteiger partial charge is 0.366 e. The Balaban J connectivity index is 1.46. The van der Waals surface area contributed by atoms with Crippen LogP contribution in [0.4, 0.5) is 5.82 Å². The molecule has 0 saturated heterocycles. The molecule has 2 nitrogen and oxygen atoms in total. The monoisotopic (exact) mass is 264 g/mol. The van der Waals surface area contributed by atoms with Gasteiger partial charge in [-0.1, -0.05) is 18.2 Å². The maximum absolute atomic E-state index is 4.84. The molecule has 3 saturated carbocycles. The van der Waals surface area contributed by atoms with Crippen molar-refractivity contribution in [2.75, 3.05) is 5.32 Å². The van der Waals surface area contributed by atoms with Crippen molar-refractivity contribution in [1.82, 2.24) is 4.98 Å². The van der Waals surface area contributed by atoms with Gasteiger partial charge in [-0.15, -0.1) is 0 Å². The molecule has 0 radical (unpaired) electrons. The van der Waals surface area contributed by atoms with Crippen LogP contribution in [0, 0.1) is 30.6 Å². The lowest BCUT2D eigenvalue weighted by Crippen LogP contribution is -2.14. The van der Waals surface area contributed by atoms with E-state index in [0.717, 1.165) is 35.0 Å². The lowest BCUT2D eigenvalue weighted by Gasteiger charge is -2.13. The number of pyridine rings is 1. The molecular formula is C18H20N2. The summed E-state index contributed by atoms with van der Waals surface area (Å²) in [4.78, 5) is 4.84. The van der Waals surface area contributed by atoms with Gasteiger partial charge in [-0.2, -0.15) is 0 Å². The highest BCUT2D eigenvalue weighted by molar-refractivity contribution is 5.81. The highest BCUT2D eigenvalue weighted by atomic mass is 15.1. The van der Waals surface area contributed by atoms with Gasteiger partial charge in [-0.3, -0.25) is 0 Å². The fraction of sp³-hybridized carbons (Fsp3) is 0.500. The molecule has 1 aromatic heterocycles. The Morgan fingerprint density at radius 2 is 1.85 bits per heavy atom. The first-order valence-electron chi connectivity index (χ1n) is 7.94. The molecule has 2 bridgehead atoms. The van der Waals surface area contributed by atoms with Crippen LogP contribution in [0.3, 0.4) is 0 Å². The molecule has 102 valence electrons. The third-order valence-corrected chi connectivity index (χ3v) is 5.95. The third-order valence-electron chi connectivity index (χ3n) is 5.95. The van der Waals surface area contributed by atoms with Crippen LogP contribution in [0.25, 0.3) is 10.9 Å². The number of aromatic nitrogens is 1. The topological polar surface area (TPSA) is 24.9 Å². The summed E-state index contributed by atoms with van der Waals surface area (Å²) in [5, 5.41) is 5.01. The van der Waals surface area contributed by atoms with Crippen LogP contribution in [-0.4, -0.2) is 11.0 Å². The van der Waals surface area contributed by atoms with E-state index in [1.807, 2.05) is 0 Å². The number of aryl methyl sites for hydroxylation is 1. The predicted molar refractivity (Wildman–Crippen MR) is 81.7 cm³/mol. The normalized spacial score (nSPS) is 37.1. The molecule has 3 fully saturated rings. The second-order valence-electron chi connectivity index (χ2n) is 7.00. The van der Waals surface area contributed by atoms with Crippen LogP contribution in [0.1, 0.15) is 24.8 Å². The molecular weight excluding hydrogens is 244 g/mol. The van der Waals surface area contributed by atoms with E-state index in [4.69, 9.17) is 4.98 Å². The summed E-state index contributed by atoms with van der Waals surface area (Å²) in [6.45, 7) is 2.18. The Kier molecular flexibility index (Phi) is 2.09. The number of nitrogens with one attached hydrogen (secondary N) is 1. The van der Waals surface area contributed by atoms with E-state index in [2.05, 4.69) is 42.6 Å². The lowest BCUT2D eigenvalue weighted by molar-refractivity contribution is 0.456. The molecule has 5 rings (SSSR count). The summed E-state index contributed by atoms with van der Waals surface area (Å²) in [7, 11) is 0. The molecule has 1 heterocycles. The zero-order valence-corrected chi connectivity index (χ0v) is 11.8. The van der Waals surface area contributed by atoms with Crippen molar-refractivity contribution in [3.63, 3.8) is 0 Å². The second-order valence-corrected chi connectivity index (χ2v) is 7.00. The molecule has 0 amide bonds. The molecule has 3 aliphatic carbocycles. The summed E-state index contributed by atoms with van der Waals surface area (Å²) < 4.78 is 0.